The number of nitrogens with two attached hydrogens (primary N) is 1. The minimum atomic E-state index is -0.375. The van der Waals surface area contributed by atoms with Crippen molar-refractivity contribution in [1.29, 1.82) is 5.26 Å². The van der Waals surface area contributed by atoms with Gasteiger partial charge in [0.05, 0.1) is 37.0 Å². The van der Waals surface area contributed by atoms with Crippen LogP contribution in [0.25, 0.3) is 0 Å². The molecule has 2 N–H and O–H groups in total. The van der Waals surface area contributed by atoms with Gasteiger partial charge in [0.2, 0.25) is 17.4 Å². The number of hydrogen-bond acceptors (Lipinski definition) is 9. The average Bonchev–Trinajstić information content (AvgIpc) is 3.11. The van der Waals surface area contributed by atoms with Crippen LogP contribution in [0.2, 0.25) is 0 Å². The molecule has 0 aliphatic carbocycles. The normalized spacial score (nSPS) is 10.3. The highest BCUT2D eigenvalue weighted by atomic mass is 32.2. The number of methoxy groups -OCH3 is 3. The summed E-state index contributed by atoms with van der Waals surface area (Å²) in [5.41, 5.74) is 6.73. The molecule has 8 nitrogen and oxygen atoms in total. The molecule has 1 amide bonds. The molecule has 31 heavy (non-hydrogen) atoms. The topological polar surface area (TPSA) is 115 Å². The maximum Gasteiger partial charge on any atom is 0.232 e. The Morgan fingerprint density at radius 1 is 1.13 bits per heavy atom. The molecule has 0 saturated heterocycles. The molecular weight excluding hydrogens is 438 g/mol. The number of nitrogens with zero attached hydrogens (tertiary/aromatic N) is 2. The van der Waals surface area contributed by atoms with Crippen molar-refractivity contribution in [3.8, 4) is 23.3 Å². The number of carbonyl (C=O) groups is 2. The monoisotopic (exact) mass is 463 g/mol. The number of hydrogen-bond donors (Lipinski definition) is 1. The van der Waals surface area contributed by atoms with E-state index in [9.17, 15) is 14.9 Å². The number of nitriles is 1. The molecule has 0 aliphatic rings. The van der Waals surface area contributed by atoms with E-state index in [0.717, 1.165) is 11.3 Å². The molecule has 1 heterocycles. The predicted molar refractivity (Wildman–Crippen MR) is 122 cm³/mol. The third kappa shape index (κ3) is 5.06. The van der Waals surface area contributed by atoms with E-state index in [-0.39, 0.29) is 39.1 Å². The van der Waals surface area contributed by atoms with E-state index in [2.05, 4.69) is 6.07 Å². The molecule has 0 unspecified atom stereocenters. The number of carbonyl (C=O) groups excluding carboxylic acids is 2. The lowest BCUT2D eigenvalue weighted by atomic mass is 10.1. The molecule has 0 spiro atoms. The van der Waals surface area contributed by atoms with Crippen LogP contribution in [0.15, 0.2) is 16.3 Å². The minimum Gasteiger partial charge on any atom is -0.493 e. The van der Waals surface area contributed by atoms with Gasteiger partial charge < -0.3 is 24.8 Å². The van der Waals surface area contributed by atoms with E-state index in [1.807, 2.05) is 13.8 Å². The van der Waals surface area contributed by atoms with E-state index in [4.69, 9.17) is 19.9 Å². The third-order valence-electron chi connectivity index (χ3n) is 4.60. The van der Waals surface area contributed by atoms with Gasteiger partial charge in [-0.1, -0.05) is 0 Å². The van der Waals surface area contributed by atoms with Gasteiger partial charge in [0.1, 0.15) is 16.5 Å². The fourth-order valence-electron chi connectivity index (χ4n) is 2.94. The largest absolute Gasteiger partial charge is 0.493 e. The zero-order valence-electron chi connectivity index (χ0n) is 18.1. The number of amides is 1. The van der Waals surface area contributed by atoms with Crippen LogP contribution in [0.5, 0.6) is 17.2 Å². The van der Waals surface area contributed by atoms with Crippen molar-refractivity contribution in [2.75, 3.05) is 45.9 Å². The molecular formula is C21H25N3O5S2. The summed E-state index contributed by atoms with van der Waals surface area (Å²) in [6.45, 7) is 5.03. The van der Waals surface area contributed by atoms with E-state index in [1.165, 1.54) is 45.2 Å². The van der Waals surface area contributed by atoms with Gasteiger partial charge in [-0.3, -0.25) is 9.59 Å². The molecule has 1 aromatic heterocycles. The molecule has 0 saturated carbocycles. The number of rotatable bonds is 10. The van der Waals surface area contributed by atoms with Crippen LogP contribution in [-0.4, -0.2) is 56.8 Å². The summed E-state index contributed by atoms with van der Waals surface area (Å²) in [6, 6.07) is 5.12. The Hall–Kier alpha value is -2.90. The summed E-state index contributed by atoms with van der Waals surface area (Å²) in [7, 11) is 4.39. The van der Waals surface area contributed by atoms with Gasteiger partial charge in [-0.15, -0.1) is 23.1 Å². The maximum absolute atomic E-state index is 13.2. The third-order valence-corrected chi connectivity index (χ3v) is 7.06. The first-order valence-corrected chi connectivity index (χ1v) is 11.2. The molecule has 1 aromatic carbocycles. The van der Waals surface area contributed by atoms with Crippen LogP contribution in [-0.2, 0) is 4.79 Å². The van der Waals surface area contributed by atoms with E-state index >= 15 is 0 Å². The van der Waals surface area contributed by atoms with Gasteiger partial charge in [0.15, 0.2) is 11.5 Å². The van der Waals surface area contributed by atoms with Crippen molar-refractivity contribution < 1.29 is 23.8 Å². The Balaban J connectivity index is 2.41. The minimum absolute atomic E-state index is 0.0386. The van der Waals surface area contributed by atoms with Gasteiger partial charge in [0.25, 0.3) is 0 Å². The lowest BCUT2D eigenvalue weighted by Crippen LogP contribution is -2.31. The summed E-state index contributed by atoms with van der Waals surface area (Å²) >= 11 is 2.31. The quantitative estimate of drug-likeness (QED) is 0.421. The van der Waals surface area contributed by atoms with E-state index in [1.54, 1.807) is 4.90 Å². The standard InChI is InChI=1S/C21H25N3O5S2/c1-6-24(7-2)16(25)11-30-21-13(10-22)17(23)20(31-21)18(26)12-8-14(27-3)19(29-5)15(9-12)28-4/h8-9H,6-7,11,23H2,1-5H3. The first-order valence-electron chi connectivity index (χ1n) is 9.44. The number of ether oxygens (including phenoxy) is 3. The number of anilines is 1. The molecule has 2 rings (SSSR count). The van der Waals surface area contributed by atoms with Crippen molar-refractivity contribution in [1.82, 2.24) is 4.90 Å². The van der Waals surface area contributed by atoms with Crippen molar-refractivity contribution in [2.24, 2.45) is 0 Å². The summed E-state index contributed by atoms with van der Waals surface area (Å²) in [5.74, 6) is 0.780. The van der Waals surface area contributed by atoms with Crippen LogP contribution in [0.4, 0.5) is 5.69 Å². The van der Waals surface area contributed by atoms with Crippen LogP contribution >= 0.6 is 23.1 Å². The van der Waals surface area contributed by atoms with Crippen LogP contribution in [0.3, 0.4) is 0 Å². The molecule has 0 bridgehead atoms. The Morgan fingerprint density at radius 3 is 2.16 bits per heavy atom. The number of nitrogen functional groups attached to an aromatic ring is 1. The van der Waals surface area contributed by atoms with E-state index < -0.39 is 0 Å². The average molecular weight is 464 g/mol. The Labute approximate surface area is 189 Å². The Morgan fingerprint density at radius 2 is 1.71 bits per heavy atom. The highest BCUT2D eigenvalue weighted by molar-refractivity contribution is 8.01. The first-order chi connectivity index (χ1) is 14.9. The van der Waals surface area contributed by atoms with E-state index in [0.29, 0.717) is 34.5 Å². The second kappa shape index (κ2) is 10.9. The second-order valence-corrected chi connectivity index (χ2v) is 8.48. The summed E-state index contributed by atoms with van der Waals surface area (Å²) in [5, 5.41) is 9.56. The van der Waals surface area contributed by atoms with Crippen molar-refractivity contribution in [3.63, 3.8) is 0 Å². The molecule has 0 aliphatic heterocycles. The fourth-order valence-corrected chi connectivity index (χ4v) is 5.20. The lowest BCUT2D eigenvalue weighted by Gasteiger charge is -2.17. The number of benzene rings is 1. The molecule has 0 atom stereocenters. The second-order valence-electron chi connectivity index (χ2n) is 6.22. The summed E-state index contributed by atoms with van der Waals surface area (Å²) in [4.78, 5) is 27.5. The van der Waals surface area contributed by atoms with Gasteiger partial charge in [-0.25, -0.2) is 0 Å². The number of thioether (sulfide) groups is 1. The van der Waals surface area contributed by atoms with Crippen LogP contribution in [0.1, 0.15) is 34.6 Å². The number of ketones is 1. The highest BCUT2D eigenvalue weighted by Gasteiger charge is 2.25. The van der Waals surface area contributed by atoms with Crippen molar-refractivity contribution in [2.45, 2.75) is 18.1 Å². The van der Waals surface area contributed by atoms with Gasteiger partial charge in [-0.2, -0.15) is 5.26 Å². The van der Waals surface area contributed by atoms with Crippen molar-refractivity contribution >= 4 is 40.5 Å². The van der Waals surface area contributed by atoms with Gasteiger partial charge in [-0.05, 0) is 26.0 Å². The van der Waals surface area contributed by atoms with Crippen molar-refractivity contribution in [3.05, 3.63) is 28.1 Å². The molecule has 0 radical (unpaired) electrons. The highest BCUT2D eigenvalue weighted by Crippen LogP contribution is 2.42. The van der Waals surface area contributed by atoms with Crippen LogP contribution < -0.4 is 19.9 Å². The SMILES string of the molecule is CCN(CC)C(=O)CSc1sc(C(=O)c2cc(OC)c(OC)c(OC)c2)c(N)c1C#N. The van der Waals surface area contributed by atoms with Gasteiger partial charge >= 0.3 is 0 Å². The molecule has 2 aromatic rings. The zero-order valence-corrected chi connectivity index (χ0v) is 19.7. The molecule has 166 valence electrons. The molecule has 0 fully saturated rings. The number of thiophene rings is 1. The predicted octanol–water partition coefficient (Wildman–Crippen LogP) is 3.42. The van der Waals surface area contributed by atoms with Crippen LogP contribution in [0, 0.1) is 11.3 Å². The molecule has 10 heteroatoms. The first kappa shape index (κ1) is 24.4. The lowest BCUT2D eigenvalue weighted by molar-refractivity contribution is -0.127. The summed E-state index contributed by atoms with van der Waals surface area (Å²) < 4.78 is 16.4. The Kier molecular flexibility index (Phi) is 8.59. The van der Waals surface area contributed by atoms with Gasteiger partial charge in [0, 0.05) is 18.7 Å². The zero-order chi connectivity index (χ0) is 23.1. The smallest absolute Gasteiger partial charge is 0.232 e. The summed E-state index contributed by atoms with van der Waals surface area (Å²) in [6.07, 6.45) is 0. The fraction of sp³-hybridized carbons (Fsp3) is 0.381. The maximum atomic E-state index is 13.2. The Bertz CT molecular complexity index is 984.